The SMILES string of the molecule is CCCCC(NCC)c1ccc2[nH]c(=O)c(=O)[nH]c2c1. The van der Waals surface area contributed by atoms with Crippen LogP contribution in [0.3, 0.4) is 0 Å². The number of benzene rings is 1. The summed E-state index contributed by atoms with van der Waals surface area (Å²) in [5.41, 5.74) is 1.24. The van der Waals surface area contributed by atoms with Crippen molar-refractivity contribution in [2.75, 3.05) is 6.54 Å². The molecule has 1 heterocycles. The molecule has 3 N–H and O–H groups in total. The molecule has 0 fully saturated rings. The molecule has 0 radical (unpaired) electrons. The number of nitrogens with one attached hydrogen (secondary N) is 3. The zero-order valence-electron chi connectivity index (χ0n) is 12.0. The Balaban J connectivity index is 2.40. The summed E-state index contributed by atoms with van der Waals surface area (Å²) in [5, 5.41) is 3.46. The van der Waals surface area contributed by atoms with Crippen LogP contribution in [0.4, 0.5) is 0 Å². The van der Waals surface area contributed by atoms with Crippen LogP contribution in [0.25, 0.3) is 11.0 Å². The molecule has 1 aromatic carbocycles. The Morgan fingerprint density at radius 3 is 2.45 bits per heavy atom. The van der Waals surface area contributed by atoms with E-state index >= 15 is 0 Å². The van der Waals surface area contributed by atoms with E-state index in [0.717, 1.165) is 31.4 Å². The first kappa shape index (κ1) is 14.5. The van der Waals surface area contributed by atoms with E-state index in [0.29, 0.717) is 11.0 Å². The Bertz CT molecular complexity index is 687. The first-order chi connectivity index (χ1) is 9.65. The van der Waals surface area contributed by atoms with Gasteiger partial charge in [-0.15, -0.1) is 0 Å². The van der Waals surface area contributed by atoms with Crippen molar-refractivity contribution in [1.82, 2.24) is 15.3 Å². The van der Waals surface area contributed by atoms with Gasteiger partial charge in [-0.25, -0.2) is 0 Å². The predicted molar refractivity (Wildman–Crippen MR) is 81.1 cm³/mol. The first-order valence-corrected chi connectivity index (χ1v) is 7.15. The van der Waals surface area contributed by atoms with Gasteiger partial charge in [0.2, 0.25) is 0 Å². The molecule has 1 unspecified atom stereocenters. The molecule has 2 rings (SSSR count). The van der Waals surface area contributed by atoms with E-state index in [2.05, 4.69) is 29.1 Å². The van der Waals surface area contributed by atoms with Crippen molar-refractivity contribution in [3.63, 3.8) is 0 Å². The highest BCUT2D eigenvalue weighted by molar-refractivity contribution is 5.74. The Labute approximate surface area is 117 Å². The highest BCUT2D eigenvalue weighted by Gasteiger charge is 2.11. The van der Waals surface area contributed by atoms with E-state index in [1.807, 2.05) is 18.2 Å². The fourth-order valence-electron chi connectivity index (χ4n) is 2.39. The van der Waals surface area contributed by atoms with E-state index in [1.165, 1.54) is 0 Å². The molecular weight excluding hydrogens is 254 g/mol. The predicted octanol–water partition coefficient (Wildman–Crippen LogP) is 2.06. The highest BCUT2D eigenvalue weighted by atomic mass is 16.2. The molecule has 1 atom stereocenters. The van der Waals surface area contributed by atoms with E-state index in [9.17, 15) is 9.59 Å². The summed E-state index contributed by atoms with van der Waals surface area (Å²) in [6, 6.07) is 6.06. The zero-order chi connectivity index (χ0) is 14.5. The zero-order valence-corrected chi connectivity index (χ0v) is 12.0. The Morgan fingerprint density at radius 1 is 1.10 bits per heavy atom. The summed E-state index contributed by atoms with van der Waals surface area (Å²) in [5.74, 6) is 0. The molecule has 0 bridgehead atoms. The van der Waals surface area contributed by atoms with Crippen LogP contribution < -0.4 is 16.4 Å². The van der Waals surface area contributed by atoms with Gasteiger partial charge in [-0.05, 0) is 30.7 Å². The minimum atomic E-state index is -0.612. The number of fused-ring (bicyclic) bond motifs is 1. The molecule has 0 spiro atoms. The molecule has 0 amide bonds. The molecule has 0 aliphatic heterocycles. The number of H-pyrrole nitrogens is 2. The smallest absolute Gasteiger partial charge is 0.314 e. The number of aromatic amines is 2. The summed E-state index contributed by atoms with van der Waals surface area (Å²) < 4.78 is 0. The van der Waals surface area contributed by atoms with Crippen LogP contribution in [0.2, 0.25) is 0 Å². The monoisotopic (exact) mass is 275 g/mol. The third-order valence-corrected chi connectivity index (χ3v) is 3.45. The Hall–Kier alpha value is -1.88. The second-order valence-electron chi connectivity index (χ2n) is 4.97. The van der Waals surface area contributed by atoms with Gasteiger partial charge in [0.15, 0.2) is 0 Å². The van der Waals surface area contributed by atoms with Crippen LogP contribution >= 0.6 is 0 Å². The third-order valence-electron chi connectivity index (χ3n) is 3.45. The molecule has 108 valence electrons. The summed E-state index contributed by atoms with van der Waals surface area (Å²) in [4.78, 5) is 27.9. The fraction of sp³-hybridized carbons (Fsp3) is 0.467. The normalized spacial score (nSPS) is 12.7. The summed E-state index contributed by atoms with van der Waals surface area (Å²) >= 11 is 0. The number of unbranched alkanes of at least 4 members (excludes halogenated alkanes) is 1. The van der Waals surface area contributed by atoms with Crippen molar-refractivity contribution >= 4 is 11.0 Å². The first-order valence-electron chi connectivity index (χ1n) is 7.15. The van der Waals surface area contributed by atoms with Gasteiger partial charge in [0.25, 0.3) is 0 Å². The summed E-state index contributed by atoms with van der Waals surface area (Å²) in [7, 11) is 0. The summed E-state index contributed by atoms with van der Waals surface area (Å²) in [6.07, 6.45) is 3.36. The maximum atomic E-state index is 11.4. The van der Waals surface area contributed by atoms with E-state index in [1.54, 1.807) is 0 Å². The van der Waals surface area contributed by atoms with Crippen LogP contribution in [0.5, 0.6) is 0 Å². The van der Waals surface area contributed by atoms with Gasteiger partial charge in [-0.1, -0.05) is 32.8 Å². The average Bonchev–Trinajstić information content (AvgIpc) is 2.44. The van der Waals surface area contributed by atoms with Crippen molar-refractivity contribution in [2.45, 2.75) is 39.2 Å². The number of rotatable bonds is 6. The average molecular weight is 275 g/mol. The molecule has 2 aromatic rings. The second-order valence-corrected chi connectivity index (χ2v) is 4.97. The van der Waals surface area contributed by atoms with Gasteiger partial charge in [-0.3, -0.25) is 9.59 Å². The maximum absolute atomic E-state index is 11.4. The Kier molecular flexibility index (Phi) is 4.74. The van der Waals surface area contributed by atoms with Gasteiger partial charge in [0.1, 0.15) is 0 Å². The fourth-order valence-corrected chi connectivity index (χ4v) is 2.39. The van der Waals surface area contributed by atoms with Gasteiger partial charge >= 0.3 is 11.1 Å². The topological polar surface area (TPSA) is 77.8 Å². The largest absolute Gasteiger partial charge is 0.316 e. The lowest BCUT2D eigenvalue weighted by molar-refractivity contribution is 0.495. The quantitative estimate of drug-likeness (QED) is 0.706. The molecule has 5 nitrogen and oxygen atoms in total. The third kappa shape index (κ3) is 3.17. The number of aromatic nitrogens is 2. The molecule has 0 saturated heterocycles. The van der Waals surface area contributed by atoms with Crippen molar-refractivity contribution in [3.8, 4) is 0 Å². The lowest BCUT2D eigenvalue weighted by atomic mass is 10.0. The van der Waals surface area contributed by atoms with Crippen molar-refractivity contribution in [1.29, 1.82) is 0 Å². The Morgan fingerprint density at radius 2 is 1.80 bits per heavy atom. The van der Waals surface area contributed by atoms with Crippen LogP contribution in [0, 0.1) is 0 Å². The van der Waals surface area contributed by atoms with Crippen molar-refractivity contribution in [3.05, 3.63) is 44.5 Å². The lowest BCUT2D eigenvalue weighted by Gasteiger charge is -2.18. The van der Waals surface area contributed by atoms with Gasteiger partial charge < -0.3 is 15.3 Å². The standard InChI is InChI=1S/C15H21N3O2/c1-3-5-6-11(16-4-2)10-7-8-12-13(9-10)18-15(20)14(19)17-12/h7-9,11,16H,3-6H2,1-2H3,(H,17,19)(H,18,20). The van der Waals surface area contributed by atoms with Crippen LogP contribution in [0.1, 0.15) is 44.7 Å². The molecule has 0 aliphatic carbocycles. The van der Waals surface area contributed by atoms with E-state index in [-0.39, 0.29) is 6.04 Å². The number of hydrogen-bond donors (Lipinski definition) is 3. The molecular formula is C15H21N3O2. The lowest BCUT2D eigenvalue weighted by Crippen LogP contribution is -2.29. The summed E-state index contributed by atoms with van der Waals surface area (Å²) in [6.45, 7) is 5.15. The minimum Gasteiger partial charge on any atom is -0.316 e. The molecule has 5 heteroatoms. The van der Waals surface area contributed by atoms with Gasteiger partial charge in [0, 0.05) is 6.04 Å². The second kappa shape index (κ2) is 6.52. The molecule has 0 saturated carbocycles. The van der Waals surface area contributed by atoms with Crippen LogP contribution in [0.15, 0.2) is 27.8 Å². The van der Waals surface area contributed by atoms with E-state index in [4.69, 9.17) is 0 Å². The molecule has 20 heavy (non-hydrogen) atoms. The van der Waals surface area contributed by atoms with E-state index < -0.39 is 11.1 Å². The van der Waals surface area contributed by atoms with Gasteiger partial charge in [0.05, 0.1) is 11.0 Å². The molecule has 1 aromatic heterocycles. The van der Waals surface area contributed by atoms with Crippen LogP contribution in [-0.4, -0.2) is 16.5 Å². The maximum Gasteiger partial charge on any atom is 0.314 e. The van der Waals surface area contributed by atoms with Crippen molar-refractivity contribution in [2.24, 2.45) is 0 Å². The minimum absolute atomic E-state index is 0.278. The van der Waals surface area contributed by atoms with Crippen molar-refractivity contribution < 1.29 is 0 Å². The number of hydrogen-bond acceptors (Lipinski definition) is 3. The highest BCUT2D eigenvalue weighted by Crippen LogP contribution is 2.21. The van der Waals surface area contributed by atoms with Gasteiger partial charge in [-0.2, -0.15) is 0 Å². The van der Waals surface area contributed by atoms with Crippen LogP contribution in [-0.2, 0) is 0 Å². The molecule has 0 aliphatic rings.